The predicted molar refractivity (Wildman–Crippen MR) is 94.9 cm³/mol. The van der Waals surface area contributed by atoms with Gasteiger partial charge >= 0.3 is 11.9 Å². The quantitative estimate of drug-likeness (QED) is 0.134. The lowest BCUT2D eigenvalue weighted by molar-refractivity contribution is -0.144. The predicted octanol–water partition coefficient (Wildman–Crippen LogP) is -4.39. The molecular weight excluding hydrogens is 394 g/mol. The van der Waals surface area contributed by atoms with Crippen LogP contribution in [0.25, 0.3) is 0 Å². The summed E-state index contributed by atoms with van der Waals surface area (Å²) in [7, 11) is 0. The Morgan fingerprint density at radius 3 is 1.97 bits per heavy atom. The van der Waals surface area contributed by atoms with E-state index in [-0.39, 0.29) is 19.3 Å². The number of nitrogens with one attached hydrogen (secondary N) is 3. The van der Waals surface area contributed by atoms with Gasteiger partial charge in [0.15, 0.2) is 0 Å². The number of aliphatic hydroxyl groups is 1. The van der Waals surface area contributed by atoms with Gasteiger partial charge in [-0.25, -0.2) is 4.79 Å². The van der Waals surface area contributed by atoms with Gasteiger partial charge in [-0.05, 0) is 12.8 Å². The smallest absolute Gasteiger partial charge is 0.328 e. The van der Waals surface area contributed by atoms with Crippen molar-refractivity contribution in [2.75, 3.05) is 13.2 Å². The maximum Gasteiger partial charge on any atom is 0.328 e. The SMILES string of the molecule is NC(=O)CCC(N)C(=O)NCC(=O)NC(CCC(=O)O)C(=O)NC(CO)C(=O)O. The van der Waals surface area contributed by atoms with E-state index in [1.807, 2.05) is 5.32 Å². The van der Waals surface area contributed by atoms with E-state index in [1.165, 1.54) is 0 Å². The number of carbonyl (C=O) groups excluding carboxylic acids is 4. The van der Waals surface area contributed by atoms with Gasteiger partial charge in [-0.15, -0.1) is 0 Å². The maximum absolute atomic E-state index is 12.1. The van der Waals surface area contributed by atoms with E-state index in [2.05, 4.69) is 10.6 Å². The number of carboxylic acid groups (broad SMARTS) is 2. The molecule has 0 aromatic carbocycles. The van der Waals surface area contributed by atoms with Crippen LogP contribution < -0.4 is 27.4 Å². The van der Waals surface area contributed by atoms with Crippen molar-refractivity contribution in [1.29, 1.82) is 0 Å². The fourth-order valence-corrected chi connectivity index (χ4v) is 1.97. The largest absolute Gasteiger partial charge is 0.481 e. The van der Waals surface area contributed by atoms with Crippen LogP contribution in [0, 0.1) is 0 Å². The Bertz CT molecular complexity index is 640. The minimum absolute atomic E-state index is 0.0375. The van der Waals surface area contributed by atoms with Gasteiger partial charge in [-0.3, -0.25) is 24.0 Å². The van der Waals surface area contributed by atoms with Gasteiger partial charge in [-0.2, -0.15) is 0 Å². The molecule has 0 aromatic heterocycles. The lowest BCUT2D eigenvalue weighted by Gasteiger charge is -2.20. The molecule has 0 heterocycles. The Labute approximate surface area is 165 Å². The summed E-state index contributed by atoms with van der Waals surface area (Å²) in [5, 5.41) is 32.8. The number of hydrogen-bond donors (Lipinski definition) is 8. The van der Waals surface area contributed by atoms with Crippen molar-refractivity contribution in [3.63, 3.8) is 0 Å². The average molecular weight is 419 g/mol. The third-order valence-corrected chi connectivity index (χ3v) is 3.56. The summed E-state index contributed by atoms with van der Waals surface area (Å²) in [6.07, 6.45) is -1.05. The van der Waals surface area contributed by atoms with Gasteiger partial charge in [0.2, 0.25) is 23.6 Å². The van der Waals surface area contributed by atoms with Gasteiger partial charge in [0.1, 0.15) is 12.1 Å². The number of carboxylic acids is 2. The van der Waals surface area contributed by atoms with Crippen molar-refractivity contribution in [3.05, 3.63) is 0 Å². The van der Waals surface area contributed by atoms with Gasteiger partial charge in [0.25, 0.3) is 0 Å². The Morgan fingerprint density at radius 2 is 1.48 bits per heavy atom. The van der Waals surface area contributed by atoms with Crippen molar-refractivity contribution in [1.82, 2.24) is 16.0 Å². The number of aliphatic carboxylic acids is 2. The zero-order valence-corrected chi connectivity index (χ0v) is 15.4. The molecule has 0 rings (SSSR count). The molecule has 0 aliphatic rings. The van der Waals surface area contributed by atoms with Gasteiger partial charge in [-0.1, -0.05) is 0 Å². The third kappa shape index (κ3) is 11.2. The summed E-state index contributed by atoms with van der Waals surface area (Å²) in [5.41, 5.74) is 10.5. The monoisotopic (exact) mass is 419 g/mol. The van der Waals surface area contributed by atoms with E-state index in [0.717, 1.165) is 0 Å². The molecule has 0 spiro atoms. The number of aliphatic hydroxyl groups excluding tert-OH is 1. The van der Waals surface area contributed by atoms with Crippen LogP contribution in [0.2, 0.25) is 0 Å². The number of carbonyl (C=O) groups is 6. The van der Waals surface area contributed by atoms with Gasteiger partial charge in [0.05, 0.1) is 19.2 Å². The normalized spacial score (nSPS) is 13.4. The summed E-state index contributed by atoms with van der Waals surface area (Å²) in [5.74, 6) is -6.09. The van der Waals surface area contributed by atoms with Crippen LogP contribution in [0.4, 0.5) is 0 Å². The summed E-state index contributed by atoms with van der Waals surface area (Å²) in [6.45, 7) is -1.53. The van der Waals surface area contributed by atoms with Crippen LogP contribution in [0.1, 0.15) is 25.7 Å². The standard InChI is InChI=1S/C15H25N5O9/c16-7(1-3-10(17)22)13(26)18-5-11(23)19-8(2-4-12(24)25)14(27)20-9(6-21)15(28)29/h7-9,21H,1-6,16H2,(H2,17,22)(H,18,26)(H,19,23)(H,20,27)(H,24,25)(H,28,29). The minimum atomic E-state index is -1.64. The first kappa shape index (κ1) is 25.7. The molecule has 3 unspecified atom stereocenters. The van der Waals surface area contributed by atoms with E-state index in [1.54, 1.807) is 0 Å². The van der Waals surface area contributed by atoms with Crippen LogP contribution in [0.15, 0.2) is 0 Å². The number of primary amides is 1. The van der Waals surface area contributed by atoms with E-state index in [9.17, 15) is 28.8 Å². The fraction of sp³-hybridized carbons (Fsp3) is 0.600. The molecule has 14 heteroatoms. The lowest BCUT2D eigenvalue weighted by atomic mass is 10.1. The first-order valence-corrected chi connectivity index (χ1v) is 8.44. The number of amides is 4. The Kier molecular flexibility index (Phi) is 11.5. The summed E-state index contributed by atoms with van der Waals surface area (Å²) in [6, 6.07) is -4.16. The zero-order chi connectivity index (χ0) is 22.6. The molecule has 4 amide bonds. The fourth-order valence-electron chi connectivity index (χ4n) is 1.97. The van der Waals surface area contributed by atoms with E-state index in [4.69, 9.17) is 26.8 Å². The molecule has 0 radical (unpaired) electrons. The van der Waals surface area contributed by atoms with E-state index in [0.29, 0.717) is 0 Å². The third-order valence-electron chi connectivity index (χ3n) is 3.56. The molecule has 3 atom stereocenters. The van der Waals surface area contributed by atoms with Crippen molar-refractivity contribution in [2.45, 2.75) is 43.8 Å². The Hall–Kier alpha value is -3.26. The highest BCUT2D eigenvalue weighted by atomic mass is 16.4. The molecular formula is C15H25N5O9. The first-order valence-electron chi connectivity index (χ1n) is 8.44. The minimum Gasteiger partial charge on any atom is -0.481 e. The average Bonchev–Trinajstić information content (AvgIpc) is 2.64. The van der Waals surface area contributed by atoms with Crippen LogP contribution in [-0.4, -0.2) is 82.2 Å². The number of hydrogen-bond acceptors (Lipinski definition) is 8. The molecule has 0 aliphatic heterocycles. The molecule has 164 valence electrons. The van der Waals surface area contributed by atoms with Crippen molar-refractivity contribution >= 4 is 35.6 Å². The van der Waals surface area contributed by atoms with E-state index >= 15 is 0 Å². The van der Waals surface area contributed by atoms with Crippen molar-refractivity contribution in [3.8, 4) is 0 Å². The second-order valence-corrected chi connectivity index (χ2v) is 5.96. The second kappa shape index (κ2) is 13.0. The first-order chi connectivity index (χ1) is 13.5. The number of rotatable bonds is 14. The Balaban J connectivity index is 4.79. The van der Waals surface area contributed by atoms with Crippen LogP contribution in [0.5, 0.6) is 0 Å². The van der Waals surface area contributed by atoms with Gasteiger partial charge in [0, 0.05) is 12.8 Å². The molecule has 14 nitrogen and oxygen atoms in total. The van der Waals surface area contributed by atoms with Crippen molar-refractivity contribution in [2.24, 2.45) is 11.5 Å². The Morgan fingerprint density at radius 1 is 0.862 bits per heavy atom. The van der Waals surface area contributed by atoms with E-state index < -0.39 is 73.3 Å². The van der Waals surface area contributed by atoms with Crippen LogP contribution >= 0.6 is 0 Å². The summed E-state index contributed by atoms with van der Waals surface area (Å²) < 4.78 is 0. The lowest BCUT2D eigenvalue weighted by Crippen LogP contribution is -2.54. The summed E-state index contributed by atoms with van der Waals surface area (Å²) in [4.78, 5) is 68.1. The zero-order valence-electron chi connectivity index (χ0n) is 15.4. The maximum atomic E-state index is 12.1. The van der Waals surface area contributed by atoms with Gasteiger partial charge < -0.3 is 42.7 Å². The highest BCUT2D eigenvalue weighted by molar-refractivity contribution is 5.92. The topological polar surface area (TPSA) is 251 Å². The molecule has 0 saturated heterocycles. The number of nitrogens with two attached hydrogens (primary N) is 2. The molecule has 0 aromatic rings. The molecule has 0 bridgehead atoms. The summed E-state index contributed by atoms with van der Waals surface area (Å²) >= 11 is 0. The molecule has 0 aliphatic carbocycles. The molecule has 0 saturated carbocycles. The molecule has 29 heavy (non-hydrogen) atoms. The molecule has 10 N–H and O–H groups in total. The van der Waals surface area contributed by atoms with Crippen molar-refractivity contribution < 1.29 is 44.1 Å². The second-order valence-electron chi connectivity index (χ2n) is 5.96. The highest BCUT2D eigenvalue weighted by Crippen LogP contribution is 2.00. The van der Waals surface area contributed by atoms with Crippen LogP contribution in [0.3, 0.4) is 0 Å². The highest BCUT2D eigenvalue weighted by Gasteiger charge is 2.27. The molecule has 0 fully saturated rings. The van der Waals surface area contributed by atoms with Crippen LogP contribution in [-0.2, 0) is 28.8 Å².